The van der Waals surface area contributed by atoms with Crippen LogP contribution in [-0.4, -0.2) is 81.3 Å². The third-order valence-electron chi connectivity index (χ3n) is 10.1. The third-order valence-corrected chi connectivity index (χ3v) is 10.1. The van der Waals surface area contributed by atoms with Crippen LogP contribution in [0.25, 0.3) is 0 Å². The van der Waals surface area contributed by atoms with Gasteiger partial charge in [0.1, 0.15) is 6.10 Å². The van der Waals surface area contributed by atoms with Crippen LogP contribution in [0.2, 0.25) is 0 Å². The lowest BCUT2D eigenvalue weighted by Crippen LogP contribution is -2.33. The fourth-order valence-electron chi connectivity index (χ4n) is 7.30. The van der Waals surface area contributed by atoms with Gasteiger partial charge in [0.15, 0.2) is 0 Å². The van der Waals surface area contributed by atoms with Crippen LogP contribution in [0, 0.1) is 0 Å². The number of aliphatic hydroxyl groups is 4. The second-order valence-electron chi connectivity index (χ2n) is 14.2. The van der Waals surface area contributed by atoms with Crippen molar-refractivity contribution in [1.29, 1.82) is 0 Å². The lowest BCUT2D eigenvalue weighted by Gasteiger charge is -2.24. The molecule has 9 atom stereocenters. The molecule has 0 amide bonds. The van der Waals surface area contributed by atoms with E-state index < -0.39 is 18.3 Å². The van der Waals surface area contributed by atoms with Gasteiger partial charge >= 0.3 is 5.97 Å². The lowest BCUT2D eigenvalue weighted by molar-refractivity contribution is -0.139. The molecule has 8 nitrogen and oxygen atoms in total. The van der Waals surface area contributed by atoms with E-state index in [0.717, 1.165) is 83.5 Å². The molecule has 0 aromatic heterocycles. The summed E-state index contributed by atoms with van der Waals surface area (Å²) in [7, 11) is 0. The highest BCUT2D eigenvalue weighted by Crippen LogP contribution is 2.34. The van der Waals surface area contributed by atoms with E-state index in [1.54, 1.807) is 6.08 Å². The molecule has 2 saturated heterocycles. The van der Waals surface area contributed by atoms with Crippen molar-refractivity contribution in [1.82, 2.24) is 0 Å². The zero-order valence-corrected chi connectivity index (χ0v) is 28.5. The average molecular weight is 639 g/mol. The first-order valence-corrected chi connectivity index (χ1v) is 18.7. The summed E-state index contributed by atoms with van der Waals surface area (Å²) < 4.78 is 17.6. The maximum Gasteiger partial charge on any atom is 0.334 e. The number of esters is 1. The van der Waals surface area contributed by atoms with Gasteiger partial charge in [-0.1, -0.05) is 90.4 Å². The standard InChI is InChI=1S/C37H66O8/c1-3-4-5-6-7-8-9-13-19-31(40)33-21-23-35(44-33)36-24-22-34(45-36)32(41)20-15-14-17-29(38)16-11-10-12-18-30(39)26-28-25-27(2)43-37(28)42/h25,27,29-36,38-41H,3-24,26H2,1-2H3/t27-,29+,30+,31+,32+,33+,34+,35+,36+/m0/s1. The molecule has 262 valence electrons. The summed E-state index contributed by atoms with van der Waals surface area (Å²) in [5, 5.41) is 42.0. The third kappa shape index (κ3) is 14.7. The Morgan fingerprint density at radius 3 is 1.62 bits per heavy atom. The first-order valence-electron chi connectivity index (χ1n) is 18.7. The molecule has 3 heterocycles. The van der Waals surface area contributed by atoms with E-state index >= 15 is 0 Å². The van der Waals surface area contributed by atoms with Crippen molar-refractivity contribution in [3.05, 3.63) is 11.6 Å². The van der Waals surface area contributed by atoms with Gasteiger partial charge in [0.25, 0.3) is 0 Å². The maximum absolute atomic E-state index is 11.7. The Bertz CT molecular complexity index is 833. The van der Waals surface area contributed by atoms with Gasteiger partial charge in [-0.3, -0.25) is 0 Å². The highest BCUT2D eigenvalue weighted by Gasteiger charge is 2.40. The van der Waals surface area contributed by atoms with E-state index in [1.165, 1.54) is 44.9 Å². The number of carbonyl (C=O) groups excluding carboxylic acids is 1. The molecular weight excluding hydrogens is 572 g/mol. The van der Waals surface area contributed by atoms with Crippen molar-refractivity contribution in [3.8, 4) is 0 Å². The van der Waals surface area contributed by atoms with E-state index in [9.17, 15) is 25.2 Å². The van der Waals surface area contributed by atoms with Gasteiger partial charge in [-0.15, -0.1) is 0 Å². The Morgan fingerprint density at radius 2 is 1.09 bits per heavy atom. The van der Waals surface area contributed by atoms with Crippen molar-refractivity contribution in [2.45, 2.75) is 216 Å². The molecule has 0 aromatic carbocycles. The monoisotopic (exact) mass is 638 g/mol. The Kier molecular flexibility index (Phi) is 18.6. The molecule has 0 aliphatic carbocycles. The van der Waals surface area contributed by atoms with Crippen LogP contribution in [0.3, 0.4) is 0 Å². The van der Waals surface area contributed by atoms with Crippen molar-refractivity contribution in [2.24, 2.45) is 0 Å². The predicted molar refractivity (Wildman–Crippen MR) is 177 cm³/mol. The zero-order chi connectivity index (χ0) is 32.4. The molecule has 0 bridgehead atoms. The van der Waals surface area contributed by atoms with E-state index in [2.05, 4.69) is 6.92 Å². The zero-order valence-electron chi connectivity index (χ0n) is 28.5. The molecule has 0 aromatic rings. The minimum atomic E-state index is -0.533. The molecule has 8 heteroatoms. The number of rotatable bonds is 25. The van der Waals surface area contributed by atoms with Crippen LogP contribution < -0.4 is 0 Å². The smallest absolute Gasteiger partial charge is 0.334 e. The minimum Gasteiger partial charge on any atom is -0.455 e. The quantitative estimate of drug-likeness (QED) is 0.0634. The first-order chi connectivity index (χ1) is 21.8. The summed E-state index contributed by atoms with van der Waals surface area (Å²) in [6.45, 7) is 4.06. The SMILES string of the molecule is CCCCCCCCCC[C@@H](O)[C@H]1CC[C@H]([C@H]2CC[C@H]([C@H](O)CCCC[C@H](O)CCCCC[C@@H](O)CC3=C[C@H](C)OC3=O)O2)O1. The Labute approximate surface area is 273 Å². The fraction of sp³-hybridized carbons (Fsp3) is 0.919. The molecule has 0 radical (unpaired) electrons. The topological polar surface area (TPSA) is 126 Å². The Balaban J connectivity index is 1.16. The molecule has 4 N–H and O–H groups in total. The summed E-state index contributed by atoms with van der Waals surface area (Å²) in [5.74, 6) is -0.315. The first kappa shape index (κ1) is 38.4. The molecule has 3 aliphatic heterocycles. The van der Waals surface area contributed by atoms with Crippen molar-refractivity contribution >= 4 is 5.97 Å². The molecule has 0 unspecified atom stereocenters. The molecular formula is C37H66O8. The van der Waals surface area contributed by atoms with E-state index in [1.807, 2.05) is 6.92 Å². The van der Waals surface area contributed by atoms with Crippen LogP contribution >= 0.6 is 0 Å². The second kappa shape index (κ2) is 21.8. The molecule has 2 fully saturated rings. The average Bonchev–Trinajstić information content (AvgIpc) is 3.76. The number of unbranched alkanes of at least 4 members (excludes halogenated alkanes) is 10. The Morgan fingerprint density at radius 1 is 0.644 bits per heavy atom. The minimum absolute atomic E-state index is 0.00732. The van der Waals surface area contributed by atoms with Gasteiger partial charge in [0.05, 0.1) is 48.8 Å². The van der Waals surface area contributed by atoms with Gasteiger partial charge in [-0.25, -0.2) is 4.79 Å². The van der Waals surface area contributed by atoms with Crippen LogP contribution in [0.1, 0.15) is 162 Å². The largest absolute Gasteiger partial charge is 0.455 e. The number of aliphatic hydroxyl groups excluding tert-OH is 4. The number of cyclic esters (lactones) is 1. The second-order valence-corrected chi connectivity index (χ2v) is 14.2. The normalized spacial score (nSPS) is 27.8. The van der Waals surface area contributed by atoms with E-state index in [-0.39, 0.29) is 42.6 Å². The molecule has 45 heavy (non-hydrogen) atoms. The number of carbonyl (C=O) groups is 1. The summed E-state index contributed by atoms with van der Waals surface area (Å²) >= 11 is 0. The van der Waals surface area contributed by atoms with Gasteiger partial charge in [-0.2, -0.15) is 0 Å². The van der Waals surface area contributed by atoms with Crippen LogP contribution in [0.4, 0.5) is 0 Å². The van der Waals surface area contributed by atoms with Gasteiger partial charge in [-0.05, 0) is 70.8 Å². The van der Waals surface area contributed by atoms with Gasteiger partial charge < -0.3 is 34.6 Å². The van der Waals surface area contributed by atoms with Crippen molar-refractivity contribution in [3.63, 3.8) is 0 Å². The van der Waals surface area contributed by atoms with Gasteiger partial charge in [0, 0.05) is 12.0 Å². The summed E-state index contributed by atoms with van der Waals surface area (Å²) in [4.78, 5) is 11.7. The summed E-state index contributed by atoms with van der Waals surface area (Å²) in [6.07, 6.45) is 21.7. The van der Waals surface area contributed by atoms with Crippen LogP contribution in [-0.2, 0) is 19.0 Å². The van der Waals surface area contributed by atoms with E-state index in [4.69, 9.17) is 14.2 Å². The van der Waals surface area contributed by atoms with Crippen LogP contribution in [0.15, 0.2) is 11.6 Å². The predicted octanol–water partition coefficient (Wildman–Crippen LogP) is 6.83. The summed E-state index contributed by atoms with van der Waals surface area (Å²) in [6, 6.07) is 0. The number of hydrogen-bond acceptors (Lipinski definition) is 8. The van der Waals surface area contributed by atoms with Crippen molar-refractivity contribution in [2.75, 3.05) is 0 Å². The highest BCUT2D eigenvalue weighted by molar-refractivity contribution is 5.90. The number of hydrogen-bond donors (Lipinski definition) is 4. The molecule has 0 saturated carbocycles. The Hall–Kier alpha value is -1.03. The fourth-order valence-corrected chi connectivity index (χ4v) is 7.30. The number of ether oxygens (including phenoxy) is 3. The van der Waals surface area contributed by atoms with Gasteiger partial charge in [0.2, 0.25) is 0 Å². The molecule has 3 rings (SSSR count). The molecule has 3 aliphatic rings. The summed E-state index contributed by atoms with van der Waals surface area (Å²) in [5.41, 5.74) is 0.575. The maximum atomic E-state index is 11.7. The van der Waals surface area contributed by atoms with E-state index in [0.29, 0.717) is 24.8 Å². The van der Waals surface area contributed by atoms with Crippen molar-refractivity contribution < 1.29 is 39.4 Å². The lowest BCUT2D eigenvalue weighted by atomic mass is 9.99. The highest BCUT2D eigenvalue weighted by atomic mass is 16.6. The molecule has 0 spiro atoms. The van der Waals surface area contributed by atoms with Crippen LogP contribution in [0.5, 0.6) is 0 Å².